The molecule has 3 aromatic carbocycles. The van der Waals surface area contributed by atoms with E-state index >= 15 is 0 Å². The summed E-state index contributed by atoms with van der Waals surface area (Å²) in [5.41, 5.74) is 13.4. The number of fused-ring (bicyclic) bond motifs is 1. The summed E-state index contributed by atoms with van der Waals surface area (Å²) in [6, 6.07) is 20.3. The molecular weight excluding hydrogens is 442 g/mol. The second-order valence-electron chi connectivity index (χ2n) is 9.16. The van der Waals surface area contributed by atoms with Crippen LogP contribution in [0.1, 0.15) is 41.7 Å². The first kappa shape index (κ1) is 23.6. The number of benzene rings is 3. The van der Waals surface area contributed by atoms with E-state index < -0.39 is 5.60 Å². The van der Waals surface area contributed by atoms with Crippen LogP contribution >= 0.6 is 12.2 Å². The summed E-state index contributed by atoms with van der Waals surface area (Å²) >= 11 is 5.52. The van der Waals surface area contributed by atoms with Crippen LogP contribution < -0.4 is 25.6 Å². The Hall–Kier alpha value is -3.51. The van der Waals surface area contributed by atoms with Crippen molar-refractivity contribution in [3.63, 3.8) is 0 Å². The third-order valence-electron chi connectivity index (χ3n) is 5.70. The summed E-state index contributed by atoms with van der Waals surface area (Å²) < 4.78 is 12.3. The standard InChI is InChI=1S/C28H31N3O2S/c1-18-10-12-24(20(3)14-18)29-27(34)31-30-25-16-28(4,5)33-26-13-11-22(15-23(25)26)32-17-21-9-7-6-8-19(21)2/h6-16,30H,17H2,1-5H3,(H2,29,31,34). The molecule has 1 heterocycles. The predicted molar refractivity (Wildman–Crippen MR) is 143 cm³/mol. The van der Waals surface area contributed by atoms with Crippen molar-refractivity contribution in [3.8, 4) is 11.5 Å². The van der Waals surface area contributed by atoms with E-state index in [1.807, 2.05) is 56.3 Å². The molecule has 0 unspecified atom stereocenters. The molecule has 0 amide bonds. The van der Waals surface area contributed by atoms with Gasteiger partial charge in [-0.3, -0.25) is 10.9 Å². The molecule has 0 aromatic heterocycles. The van der Waals surface area contributed by atoms with Crippen molar-refractivity contribution in [3.05, 3.63) is 94.6 Å². The average Bonchev–Trinajstić information content (AvgIpc) is 2.78. The van der Waals surface area contributed by atoms with Crippen molar-refractivity contribution in [2.75, 3.05) is 5.32 Å². The highest BCUT2D eigenvalue weighted by Gasteiger charge is 2.27. The third-order valence-corrected chi connectivity index (χ3v) is 5.91. The number of nitrogens with one attached hydrogen (secondary N) is 3. The van der Waals surface area contributed by atoms with Crippen LogP contribution in [0.4, 0.5) is 5.69 Å². The van der Waals surface area contributed by atoms with Gasteiger partial charge in [-0.25, -0.2) is 0 Å². The fraction of sp³-hybridized carbons (Fsp3) is 0.250. The molecule has 4 rings (SSSR count). The van der Waals surface area contributed by atoms with E-state index in [4.69, 9.17) is 21.7 Å². The molecule has 5 nitrogen and oxygen atoms in total. The molecule has 0 saturated carbocycles. The van der Waals surface area contributed by atoms with E-state index in [0.29, 0.717) is 11.7 Å². The molecule has 1 aliphatic heterocycles. The lowest BCUT2D eigenvalue weighted by Crippen LogP contribution is -2.41. The number of thiocarbonyl (C=S) groups is 1. The highest BCUT2D eigenvalue weighted by Crippen LogP contribution is 2.37. The zero-order valence-electron chi connectivity index (χ0n) is 20.3. The SMILES string of the molecule is Cc1ccc(NC(=S)NNC2=CC(C)(C)Oc3ccc(OCc4ccccc4C)cc32)c(C)c1. The van der Waals surface area contributed by atoms with Crippen LogP contribution in [0.25, 0.3) is 5.70 Å². The Bertz CT molecular complexity index is 1250. The molecule has 0 aliphatic carbocycles. The van der Waals surface area contributed by atoms with E-state index in [-0.39, 0.29) is 0 Å². The number of hydrogen-bond acceptors (Lipinski definition) is 4. The van der Waals surface area contributed by atoms with Crippen LogP contribution in [0.15, 0.2) is 66.7 Å². The molecular formula is C28H31N3O2S. The second kappa shape index (κ2) is 9.77. The lowest BCUT2D eigenvalue weighted by Gasteiger charge is -2.32. The Labute approximate surface area is 207 Å². The minimum absolute atomic E-state index is 0.469. The predicted octanol–water partition coefficient (Wildman–Crippen LogP) is 6.19. The van der Waals surface area contributed by atoms with Gasteiger partial charge in [0, 0.05) is 11.3 Å². The topological polar surface area (TPSA) is 54.5 Å². The minimum Gasteiger partial charge on any atom is -0.489 e. The van der Waals surface area contributed by atoms with Gasteiger partial charge < -0.3 is 14.8 Å². The Balaban J connectivity index is 1.47. The number of rotatable bonds is 6. The zero-order valence-corrected chi connectivity index (χ0v) is 21.1. The number of hydrazine groups is 1. The first-order chi connectivity index (χ1) is 16.2. The molecule has 1 aliphatic rings. The molecule has 3 aromatic rings. The molecule has 0 saturated heterocycles. The molecule has 0 fully saturated rings. The fourth-order valence-corrected chi connectivity index (χ4v) is 4.07. The van der Waals surface area contributed by atoms with Crippen molar-refractivity contribution < 1.29 is 9.47 Å². The van der Waals surface area contributed by atoms with Gasteiger partial charge in [-0.05, 0) is 93.9 Å². The van der Waals surface area contributed by atoms with Gasteiger partial charge in [-0.15, -0.1) is 0 Å². The highest BCUT2D eigenvalue weighted by atomic mass is 32.1. The first-order valence-corrected chi connectivity index (χ1v) is 11.7. The van der Waals surface area contributed by atoms with Gasteiger partial charge in [-0.1, -0.05) is 42.0 Å². The van der Waals surface area contributed by atoms with Gasteiger partial charge in [0.25, 0.3) is 0 Å². The second-order valence-corrected chi connectivity index (χ2v) is 9.57. The van der Waals surface area contributed by atoms with Crippen molar-refractivity contribution in [1.29, 1.82) is 0 Å². The van der Waals surface area contributed by atoms with Crippen molar-refractivity contribution >= 4 is 28.7 Å². The van der Waals surface area contributed by atoms with E-state index in [1.165, 1.54) is 11.1 Å². The number of ether oxygens (including phenoxy) is 2. The maximum atomic E-state index is 6.17. The molecule has 176 valence electrons. The Morgan fingerprint density at radius 2 is 1.76 bits per heavy atom. The molecule has 0 radical (unpaired) electrons. The lowest BCUT2D eigenvalue weighted by atomic mass is 9.99. The van der Waals surface area contributed by atoms with Crippen LogP contribution in [-0.4, -0.2) is 10.7 Å². The number of hydrogen-bond donors (Lipinski definition) is 3. The third kappa shape index (κ3) is 5.69. The van der Waals surface area contributed by atoms with Gasteiger partial charge in [0.15, 0.2) is 5.11 Å². The summed E-state index contributed by atoms with van der Waals surface area (Å²) in [5, 5.41) is 3.73. The molecule has 0 atom stereocenters. The molecule has 6 heteroatoms. The smallest absolute Gasteiger partial charge is 0.189 e. The van der Waals surface area contributed by atoms with Gasteiger partial charge in [0.1, 0.15) is 23.7 Å². The molecule has 0 spiro atoms. The summed E-state index contributed by atoms with van der Waals surface area (Å²) in [7, 11) is 0. The summed E-state index contributed by atoms with van der Waals surface area (Å²) in [6.07, 6.45) is 2.03. The maximum absolute atomic E-state index is 6.17. The van der Waals surface area contributed by atoms with Gasteiger partial charge in [-0.2, -0.15) is 0 Å². The van der Waals surface area contributed by atoms with E-state index in [9.17, 15) is 0 Å². The van der Waals surface area contributed by atoms with Crippen LogP contribution in [0.3, 0.4) is 0 Å². The quantitative estimate of drug-likeness (QED) is 0.293. The highest BCUT2D eigenvalue weighted by molar-refractivity contribution is 7.80. The van der Waals surface area contributed by atoms with Crippen molar-refractivity contribution in [2.45, 2.75) is 46.8 Å². The number of anilines is 1. The Kier molecular flexibility index (Phi) is 6.80. The average molecular weight is 474 g/mol. The zero-order chi connectivity index (χ0) is 24.3. The van der Waals surface area contributed by atoms with Crippen molar-refractivity contribution in [1.82, 2.24) is 10.9 Å². The molecule has 34 heavy (non-hydrogen) atoms. The summed E-state index contributed by atoms with van der Waals surface area (Å²) in [5.74, 6) is 1.56. The van der Waals surface area contributed by atoms with Crippen LogP contribution in [0.2, 0.25) is 0 Å². The molecule has 0 bridgehead atoms. The van der Waals surface area contributed by atoms with Crippen LogP contribution in [-0.2, 0) is 6.61 Å². The largest absolute Gasteiger partial charge is 0.489 e. The monoisotopic (exact) mass is 473 g/mol. The fourth-order valence-electron chi connectivity index (χ4n) is 3.90. The maximum Gasteiger partial charge on any atom is 0.189 e. The normalized spacial score (nSPS) is 13.7. The van der Waals surface area contributed by atoms with Gasteiger partial charge >= 0.3 is 0 Å². The van der Waals surface area contributed by atoms with E-state index in [1.54, 1.807) is 0 Å². The summed E-state index contributed by atoms with van der Waals surface area (Å²) in [4.78, 5) is 0. The Morgan fingerprint density at radius 1 is 0.971 bits per heavy atom. The molecule has 3 N–H and O–H groups in total. The lowest BCUT2D eigenvalue weighted by molar-refractivity contribution is 0.157. The van der Waals surface area contributed by atoms with E-state index in [2.05, 4.69) is 61.2 Å². The van der Waals surface area contributed by atoms with E-state index in [0.717, 1.165) is 39.6 Å². The van der Waals surface area contributed by atoms with Gasteiger partial charge in [0.05, 0.1) is 5.70 Å². The van der Waals surface area contributed by atoms with Gasteiger partial charge in [0.2, 0.25) is 0 Å². The van der Waals surface area contributed by atoms with Crippen LogP contribution in [0.5, 0.6) is 11.5 Å². The minimum atomic E-state index is -0.469. The number of aryl methyl sites for hydroxylation is 3. The Morgan fingerprint density at radius 3 is 2.53 bits per heavy atom. The first-order valence-electron chi connectivity index (χ1n) is 11.3. The summed E-state index contributed by atoms with van der Waals surface area (Å²) in [6.45, 7) is 10.8. The van der Waals surface area contributed by atoms with Crippen molar-refractivity contribution in [2.24, 2.45) is 0 Å². The van der Waals surface area contributed by atoms with Crippen LogP contribution in [0, 0.1) is 20.8 Å².